The van der Waals surface area contributed by atoms with Gasteiger partial charge >= 0.3 is 0 Å². The van der Waals surface area contributed by atoms with E-state index in [-0.39, 0.29) is 0 Å². The Bertz CT molecular complexity index is 236. The summed E-state index contributed by atoms with van der Waals surface area (Å²) in [7, 11) is 0. The van der Waals surface area contributed by atoms with Crippen molar-refractivity contribution in [3.05, 3.63) is 18.6 Å². The molecular formula is C7H10N4O. The van der Waals surface area contributed by atoms with Crippen LogP contribution in [0, 0.1) is 0 Å². The number of hydrogen-bond acceptors (Lipinski definition) is 5. The molecule has 0 unspecified atom stereocenters. The Morgan fingerprint density at radius 3 is 3.33 bits per heavy atom. The molecule has 1 heterocycles. The van der Waals surface area contributed by atoms with Crippen molar-refractivity contribution in [3.8, 4) is 0 Å². The molecule has 0 aliphatic heterocycles. The van der Waals surface area contributed by atoms with Gasteiger partial charge in [-0.15, -0.1) is 5.10 Å². The van der Waals surface area contributed by atoms with Crippen molar-refractivity contribution in [1.29, 1.82) is 0 Å². The van der Waals surface area contributed by atoms with Crippen LogP contribution in [0.1, 0.15) is 6.92 Å². The molecule has 0 aromatic carbocycles. The summed E-state index contributed by atoms with van der Waals surface area (Å²) >= 11 is 0. The van der Waals surface area contributed by atoms with Gasteiger partial charge in [-0.25, -0.2) is 9.97 Å². The van der Waals surface area contributed by atoms with E-state index in [1.807, 2.05) is 6.92 Å². The van der Waals surface area contributed by atoms with Crippen LogP contribution in [0.4, 0.5) is 5.82 Å². The SMILES string of the molecule is CCO/C=N/Nc1ccncn1. The van der Waals surface area contributed by atoms with E-state index in [9.17, 15) is 0 Å². The maximum absolute atomic E-state index is 4.86. The highest BCUT2D eigenvalue weighted by atomic mass is 16.5. The number of ether oxygens (including phenoxy) is 1. The average Bonchev–Trinajstić information content (AvgIpc) is 2.14. The maximum Gasteiger partial charge on any atom is 0.192 e. The third-order valence-electron chi connectivity index (χ3n) is 1.05. The van der Waals surface area contributed by atoms with E-state index in [4.69, 9.17) is 4.74 Å². The van der Waals surface area contributed by atoms with Crippen molar-refractivity contribution in [3.63, 3.8) is 0 Å². The maximum atomic E-state index is 4.86. The van der Waals surface area contributed by atoms with Crippen LogP contribution in [-0.2, 0) is 4.74 Å². The number of anilines is 1. The van der Waals surface area contributed by atoms with Gasteiger partial charge in [-0.2, -0.15) is 0 Å². The predicted molar refractivity (Wildman–Crippen MR) is 45.8 cm³/mol. The Kier molecular flexibility index (Phi) is 3.56. The van der Waals surface area contributed by atoms with Gasteiger partial charge in [-0.3, -0.25) is 5.43 Å². The molecule has 1 N–H and O–H groups in total. The largest absolute Gasteiger partial charge is 0.482 e. The fourth-order valence-corrected chi connectivity index (χ4v) is 0.561. The van der Waals surface area contributed by atoms with Gasteiger partial charge < -0.3 is 4.74 Å². The van der Waals surface area contributed by atoms with Gasteiger partial charge in [0, 0.05) is 12.3 Å². The first-order chi connectivity index (χ1) is 5.93. The smallest absolute Gasteiger partial charge is 0.192 e. The van der Waals surface area contributed by atoms with Crippen molar-refractivity contribution < 1.29 is 4.74 Å². The number of rotatable bonds is 4. The van der Waals surface area contributed by atoms with Crippen molar-refractivity contribution in [1.82, 2.24) is 9.97 Å². The first kappa shape index (κ1) is 8.45. The molecule has 12 heavy (non-hydrogen) atoms. The molecule has 0 radical (unpaired) electrons. The highest BCUT2D eigenvalue weighted by Crippen LogP contribution is 1.95. The van der Waals surface area contributed by atoms with E-state index < -0.39 is 0 Å². The van der Waals surface area contributed by atoms with Crippen LogP contribution in [0.15, 0.2) is 23.7 Å². The Morgan fingerprint density at radius 1 is 1.75 bits per heavy atom. The second kappa shape index (κ2) is 5.06. The summed E-state index contributed by atoms with van der Waals surface area (Å²) in [4.78, 5) is 7.64. The zero-order valence-corrected chi connectivity index (χ0v) is 6.77. The van der Waals surface area contributed by atoms with Crippen LogP contribution in [0.3, 0.4) is 0 Å². The van der Waals surface area contributed by atoms with E-state index in [0.29, 0.717) is 12.4 Å². The lowest BCUT2D eigenvalue weighted by atomic mass is 10.6. The number of hydrazone groups is 1. The minimum atomic E-state index is 0.606. The third-order valence-corrected chi connectivity index (χ3v) is 1.05. The van der Waals surface area contributed by atoms with E-state index in [0.717, 1.165) is 0 Å². The lowest BCUT2D eigenvalue weighted by Gasteiger charge is -1.96. The van der Waals surface area contributed by atoms with Crippen molar-refractivity contribution in [2.45, 2.75) is 6.92 Å². The molecule has 0 saturated heterocycles. The van der Waals surface area contributed by atoms with Gasteiger partial charge in [0.1, 0.15) is 12.1 Å². The van der Waals surface area contributed by atoms with Crippen LogP contribution < -0.4 is 5.43 Å². The van der Waals surface area contributed by atoms with Gasteiger partial charge in [0.2, 0.25) is 0 Å². The van der Waals surface area contributed by atoms with Gasteiger partial charge in [-0.1, -0.05) is 0 Å². The van der Waals surface area contributed by atoms with E-state index in [1.165, 1.54) is 12.7 Å². The molecule has 1 aromatic rings. The summed E-state index contributed by atoms with van der Waals surface area (Å²) in [6, 6.07) is 1.71. The molecule has 0 fully saturated rings. The quantitative estimate of drug-likeness (QED) is 0.409. The number of nitrogens with zero attached hydrogens (tertiary/aromatic N) is 3. The molecule has 0 saturated carbocycles. The van der Waals surface area contributed by atoms with Crippen LogP contribution >= 0.6 is 0 Å². The minimum absolute atomic E-state index is 0.606. The monoisotopic (exact) mass is 166 g/mol. The molecule has 64 valence electrons. The fraction of sp³-hybridized carbons (Fsp3) is 0.286. The van der Waals surface area contributed by atoms with E-state index in [1.54, 1.807) is 12.3 Å². The summed E-state index contributed by atoms with van der Waals surface area (Å²) in [6.07, 6.45) is 4.41. The lowest BCUT2D eigenvalue weighted by Crippen LogP contribution is -1.94. The highest BCUT2D eigenvalue weighted by molar-refractivity contribution is 5.48. The van der Waals surface area contributed by atoms with E-state index in [2.05, 4.69) is 20.5 Å². The first-order valence-electron chi connectivity index (χ1n) is 3.58. The third kappa shape index (κ3) is 2.96. The van der Waals surface area contributed by atoms with Crippen LogP contribution in [0.2, 0.25) is 0 Å². The Morgan fingerprint density at radius 2 is 2.67 bits per heavy atom. The molecule has 5 heteroatoms. The summed E-state index contributed by atoms with van der Waals surface area (Å²) in [5.41, 5.74) is 2.67. The summed E-state index contributed by atoms with van der Waals surface area (Å²) in [5.74, 6) is 0.640. The summed E-state index contributed by atoms with van der Waals surface area (Å²) < 4.78 is 4.86. The molecule has 1 aromatic heterocycles. The molecule has 0 aliphatic rings. The topological polar surface area (TPSA) is 59.4 Å². The molecule has 0 bridgehead atoms. The van der Waals surface area contributed by atoms with Gasteiger partial charge in [-0.05, 0) is 6.92 Å². The molecule has 0 amide bonds. The van der Waals surface area contributed by atoms with E-state index >= 15 is 0 Å². The number of aromatic nitrogens is 2. The Balaban J connectivity index is 2.33. The van der Waals surface area contributed by atoms with Gasteiger partial charge in [0.05, 0.1) is 6.61 Å². The van der Waals surface area contributed by atoms with Crippen LogP contribution in [0.5, 0.6) is 0 Å². The lowest BCUT2D eigenvalue weighted by molar-refractivity contribution is 0.343. The second-order valence-electron chi connectivity index (χ2n) is 1.90. The first-order valence-corrected chi connectivity index (χ1v) is 3.58. The summed E-state index contributed by atoms with van der Waals surface area (Å²) in [5, 5.41) is 3.74. The van der Waals surface area contributed by atoms with Crippen molar-refractivity contribution >= 4 is 12.2 Å². The van der Waals surface area contributed by atoms with Crippen LogP contribution in [-0.4, -0.2) is 23.0 Å². The molecule has 0 atom stereocenters. The molecule has 0 aliphatic carbocycles. The van der Waals surface area contributed by atoms with Crippen molar-refractivity contribution in [2.75, 3.05) is 12.0 Å². The second-order valence-corrected chi connectivity index (χ2v) is 1.90. The van der Waals surface area contributed by atoms with Crippen molar-refractivity contribution in [2.24, 2.45) is 5.10 Å². The minimum Gasteiger partial charge on any atom is -0.482 e. The fourth-order valence-electron chi connectivity index (χ4n) is 0.561. The molecule has 0 spiro atoms. The molecule has 5 nitrogen and oxygen atoms in total. The molecular weight excluding hydrogens is 156 g/mol. The number of hydrogen-bond donors (Lipinski definition) is 1. The molecule has 1 rings (SSSR count). The standard InChI is InChI=1S/C7H10N4O/c1-2-12-6-10-11-7-3-4-8-5-9-7/h3-6H,2H2,1H3,(H,8,9,11)/b10-6+. The van der Waals surface area contributed by atoms with Crippen LogP contribution in [0.25, 0.3) is 0 Å². The summed E-state index contributed by atoms with van der Waals surface area (Å²) in [6.45, 7) is 2.49. The zero-order valence-electron chi connectivity index (χ0n) is 6.77. The number of nitrogens with one attached hydrogen (secondary N) is 1. The normalized spacial score (nSPS) is 10.1. The van der Waals surface area contributed by atoms with Gasteiger partial charge in [0.15, 0.2) is 6.40 Å². The van der Waals surface area contributed by atoms with Gasteiger partial charge in [0.25, 0.3) is 0 Å². The Labute approximate surface area is 70.5 Å². The zero-order chi connectivity index (χ0) is 8.65. The Hall–Kier alpha value is -1.65. The average molecular weight is 166 g/mol. The highest BCUT2D eigenvalue weighted by Gasteiger charge is 1.85. The predicted octanol–water partition coefficient (Wildman–Crippen LogP) is 0.868.